The summed E-state index contributed by atoms with van der Waals surface area (Å²) >= 11 is 0. The van der Waals surface area contributed by atoms with E-state index < -0.39 is 0 Å². The summed E-state index contributed by atoms with van der Waals surface area (Å²) in [6, 6.07) is 11.9. The molecule has 0 amide bonds. The summed E-state index contributed by atoms with van der Waals surface area (Å²) in [5.41, 5.74) is 3.87. The van der Waals surface area contributed by atoms with Gasteiger partial charge in [-0.1, -0.05) is 65.8 Å². The van der Waals surface area contributed by atoms with Gasteiger partial charge in [0, 0.05) is 6.20 Å². The van der Waals surface area contributed by atoms with Crippen molar-refractivity contribution in [3.05, 3.63) is 65.0 Å². The van der Waals surface area contributed by atoms with Crippen LogP contribution in [0.25, 0.3) is 5.57 Å². The molecule has 0 bridgehead atoms. The quantitative estimate of drug-likeness (QED) is 0.742. The number of rotatable bonds is 3. The maximum Gasteiger partial charge on any atom is 0.123 e. The number of phenols is 1. The molecule has 0 fully saturated rings. The number of hydrogen-bond donors (Lipinski definition) is 1. The first-order valence-electron chi connectivity index (χ1n) is 8.92. The van der Waals surface area contributed by atoms with E-state index in [2.05, 4.69) is 64.7 Å². The minimum Gasteiger partial charge on any atom is -0.507 e. The monoisotopic (exact) mass is 348 g/mol. The molecule has 0 atom stereocenters. The van der Waals surface area contributed by atoms with Crippen LogP contribution in [0.1, 0.15) is 63.9 Å². The van der Waals surface area contributed by atoms with Gasteiger partial charge in [-0.15, -0.1) is 0 Å². The average molecular weight is 348 g/mol. The van der Waals surface area contributed by atoms with E-state index in [1.807, 2.05) is 24.3 Å². The highest BCUT2D eigenvalue weighted by Crippen LogP contribution is 2.40. The van der Waals surface area contributed by atoms with Crippen LogP contribution in [0.2, 0.25) is 0 Å². The summed E-state index contributed by atoms with van der Waals surface area (Å²) in [5, 5.41) is 20.3. The molecular weight excluding hydrogens is 320 g/mol. The molecule has 3 heteroatoms. The van der Waals surface area contributed by atoms with Gasteiger partial charge in [0.25, 0.3) is 0 Å². The largest absolute Gasteiger partial charge is 0.507 e. The van der Waals surface area contributed by atoms with Gasteiger partial charge < -0.3 is 5.11 Å². The summed E-state index contributed by atoms with van der Waals surface area (Å²) in [6.07, 6.45) is 4.22. The Hall–Kier alpha value is -2.60. The fourth-order valence-corrected chi connectivity index (χ4v) is 2.91. The average Bonchev–Trinajstić information content (AvgIpc) is 2.55. The van der Waals surface area contributed by atoms with Gasteiger partial charge in [-0.3, -0.25) is 4.98 Å². The van der Waals surface area contributed by atoms with E-state index in [4.69, 9.17) is 0 Å². The molecule has 3 nitrogen and oxygen atoms in total. The van der Waals surface area contributed by atoms with Crippen molar-refractivity contribution in [1.29, 1.82) is 5.26 Å². The predicted molar refractivity (Wildman–Crippen MR) is 107 cm³/mol. The number of pyridine rings is 1. The number of hydrogen-bond acceptors (Lipinski definition) is 3. The minimum atomic E-state index is -0.164. The van der Waals surface area contributed by atoms with Gasteiger partial charge in [0.1, 0.15) is 11.8 Å². The Balaban J connectivity index is 2.50. The van der Waals surface area contributed by atoms with Crippen LogP contribution in [-0.2, 0) is 17.3 Å². The molecule has 0 aliphatic carbocycles. The molecule has 0 saturated carbocycles. The number of nitrogens with zero attached hydrogens (tertiary/aromatic N) is 2. The zero-order valence-electron chi connectivity index (χ0n) is 16.6. The number of aromatic hydroxyl groups is 1. The number of phenolic OH excluding ortho intramolecular Hbond substituents is 1. The highest BCUT2D eigenvalue weighted by atomic mass is 16.3. The number of allylic oxidation sites excluding steroid dienone is 2. The van der Waals surface area contributed by atoms with E-state index in [0.29, 0.717) is 23.4 Å². The lowest BCUT2D eigenvalue weighted by Crippen LogP contribution is -2.17. The van der Waals surface area contributed by atoms with Gasteiger partial charge in [-0.05, 0) is 46.1 Å². The fraction of sp³-hybridized carbons (Fsp3) is 0.391. The third-order valence-corrected chi connectivity index (χ3v) is 4.39. The highest BCUT2D eigenvalue weighted by Gasteiger charge is 2.26. The lowest BCUT2D eigenvalue weighted by Gasteiger charge is -2.28. The predicted octanol–water partition coefficient (Wildman–Crippen LogP) is 5.53. The molecule has 136 valence electrons. The van der Waals surface area contributed by atoms with Crippen LogP contribution >= 0.6 is 0 Å². The SMILES string of the molecule is CC(C)(C)c1cc(CC=C(C#N)c2ccccn2)cc(C(C)(C)C)c1O. The van der Waals surface area contributed by atoms with Gasteiger partial charge in [0.2, 0.25) is 0 Å². The van der Waals surface area contributed by atoms with Crippen molar-refractivity contribution in [3.8, 4) is 11.8 Å². The van der Waals surface area contributed by atoms with Crippen molar-refractivity contribution in [1.82, 2.24) is 4.98 Å². The molecule has 0 aliphatic heterocycles. The number of aromatic nitrogens is 1. The van der Waals surface area contributed by atoms with E-state index in [1.165, 1.54) is 0 Å². The van der Waals surface area contributed by atoms with Crippen LogP contribution in [0.5, 0.6) is 5.75 Å². The number of benzene rings is 1. The van der Waals surface area contributed by atoms with Crippen molar-refractivity contribution in [2.24, 2.45) is 0 Å². The second-order valence-electron chi connectivity index (χ2n) is 8.69. The standard InChI is InChI=1S/C23H28N2O/c1-22(2,3)18-13-16(14-19(21(18)26)23(4,5)6)10-11-17(15-24)20-9-7-8-12-25-20/h7-9,11-14,26H,10H2,1-6H3. The van der Waals surface area contributed by atoms with Crippen LogP contribution in [-0.4, -0.2) is 10.1 Å². The summed E-state index contributed by atoms with van der Waals surface area (Å²) in [7, 11) is 0. The van der Waals surface area contributed by atoms with E-state index in [0.717, 1.165) is 16.7 Å². The molecule has 1 aromatic carbocycles. The van der Waals surface area contributed by atoms with E-state index in [1.54, 1.807) is 6.20 Å². The van der Waals surface area contributed by atoms with Crippen molar-refractivity contribution >= 4 is 5.57 Å². The summed E-state index contributed by atoms with van der Waals surface area (Å²) in [4.78, 5) is 4.26. The van der Waals surface area contributed by atoms with Gasteiger partial charge >= 0.3 is 0 Å². The Morgan fingerprint density at radius 2 is 1.65 bits per heavy atom. The molecule has 1 N–H and O–H groups in total. The normalized spacial score (nSPS) is 12.7. The van der Waals surface area contributed by atoms with Gasteiger partial charge in [-0.25, -0.2) is 0 Å². The van der Waals surface area contributed by atoms with Gasteiger partial charge in [0.05, 0.1) is 11.3 Å². The first-order chi connectivity index (χ1) is 12.0. The molecule has 1 heterocycles. The topological polar surface area (TPSA) is 56.9 Å². The van der Waals surface area contributed by atoms with E-state index in [-0.39, 0.29) is 10.8 Å². The Kier molecular flexibility index (Phi) is 5.56. The second kappa shape index (κ2) is 7.33. The van der Waals surface area contributed by atoms with Crippen LogP contribution in [0.4, 0.5) is 0 Å². The molecule has 0 unspecified atom stereocenters. The summed E-state index contributed by atoms with van der Waals surface area (Å²) < 4.78 is 0. The van der Waals surface area contributed by atoms with E-state index >= 15 is 0 Å². The van der Waals surface area contributed by atoms with Crippen molar-refractivity contribution in [3.63, 3.8) is 0 Å². The minimum absolute atomic E-state index is 0.164. The maximum absolute atomic E-state index is 10.8. The molecular formula is C23H28N2O. The van der Waals surface area contributed by atoms with Crippen LogP contribution < -0.4 is 0 Å². The smallest absolute Gasteiger partial charge is 0.123 e. The van der Waals surface area contributed by atoms with Gasteiger partial charge in [-0.2, -0.15) is 5.26 Å². The third kappa shape index (κ3) is 4.52. The van der Waals surface area contributed by atoms with Crippen molar-refractivity contribution in [2.45, 2.75) is 58.8 Å². The molecule has 0 aliphatic rings. The maximum atomic E-state index is 10.8. The van der Waals surface area contributed by atoms with Gasteiger partial charge in [0.15, 0.2) is 0 Å². The lowest BCUT2D eigenvalue weighted by molar-refractivity contribution is 0.423. The summed E-state index contributed by atoms with van der Waals surface area (Å²) in [5.74, 6) is 0.378. The molecule has 1 aromatic heterocycles. The lowest BCUT2D eigenvalue weighted by atomic mass is 9.78. The van der Waals surface area contributed by atoms with Crippen LogP contribution in [0.3, 0.4) is 0 Å². The van der Waals surface area contributed by atoms with Crippen molar-refractivity contribution < 1.29 is 5.11 Å². The molecule has 26 heavy (non-hydrogen) atoms. The number of nitriles is 1. The first kappa shape index (κ1) is 19.7. The third-order valence-electron chi connectivity index (χ3n) is 4.39. The van der Waals surface area contributed by atoms with Crippen LogP contribution in [0, 0.1) is 11.3 Å². The molecule has 0 saturated heterocycles. The molecule has 0 radical (unpaired) electrons. The Bertz CT molecular complexity index is 809. The second-order valence-corrected chi connectivity index (χ2v) is 8.69. The zero-order chi connectivity index (χ0) is 19.5. The summed E-state index contributed by atoms with van der Waals surface area (Å²) in [6.45, 7) is 12.6. The van der Waals surface area contributed by atoms with Crippen LogP contribution in [0.15, 0.2) is 42.6 Å². The Labute approximate surface area is 157 Å². The van der Waals surface area contributed by atoms with E-state index in [9.17, 15) is 10.4 Å². The zero-order valence-corrected chi connectivity index (χ0v) is 16.6. The molecule has 2 rings (SSSR count). The first-order valence-corrected chi connectivity index (χ1v) is 8.92. The Morgan fingerprint density at radius 3 is 2.08 bits per heavy atom. The fourth-order valence-electron chi connectivity index (χ4n) is 2.91. The highest BCUT2D eigenvalue weighted by molar-refractivity contribution is 5.74. The Morgan fingerprint density at radius 1 is 1.08 bits per heavy atom. The molecule has 0 spiro atoms. The van der Waals surface area contributed by atoms with Crippen molar-refractivity contribution in [2.75, 3.05) is 0 Å². The molecule has 2 aromatic rings.